The molecule has 11 nitrogen and oxygen atoms in total. The zero-order chi connectivity index (χ0) is 23.0. The quantitative estimate of drug-likeness (QED) is 0.430. The maximum absolute atomic E-state index is 12.8. The minimum absolute atomic E-state index is 0.00491. The SMILES string of the molecule is CCOC(=O)C(NC(=O)c1nc(OC(C)=O)n(Cc2ccccc2)c1N)C(=O)OCC. The van der Waals surface area contributed by atoms with Gasteiger partial charge in [0.05, 0.1) is 19.8 Å². The number of nitrogen functional groups attached to an aromatic ring is 1. The Bertz CT molecular complexity index is 938. The molecule has 1 heterocycles. The monoisotopic (exact) mass is 432 g/mol. The number of carbonyl (C=O) groups is 4. The van der Waals surface area contributed by atoms with Crippen LogP contribution in [0.5, 0.6) is 6.01 Å². The summed E-state index contributed by atoms with van der Waals surface area (Å²) in [6.07, 6.45) is 0. The van der Waals surface area contributed by atoms with Gasteiger partial charge in [-0.1, -0.05) is 30.3 Å². The number of nitrogens with two attached hydrogens (primary N) is 1. The van der Waals surface area contributed by atoms with Crippen LogP contribution < -0.4 is 15.8 Å². The second-order valence-corrected chi connectivity index (χ2v) is 6.20. The number of anilines is 1. The second kappa shape index (κ2) is 10.8. The summed E-state index contributed by atoms with van der Waals surface area (Å²) in [5.74, 6) is -3.70. The van der Waals surface area contributed by atoms with Crippen LogP contribution in [0, 0.1) is 0 Å². The van der Waals surface area contributed by atoms with E-state index in [-0.39, 0.29) is 37.3 Å². The summed E-state index contributed by atoms with van der Waals surface area (Å²) in [4.78, 5) is 52.4. The van der Waals surface area contributed by atoms with Gasteiger partial charge in [0.15, 0.2) is 5.69 Å². The lowest BCUT2D eigenvalue weighted by atomic mass is 10.2. The molecular weight excluding hydrogens is 408 g/mol. The number of hydrogen-bond donors (Lipinski definition) is 2. The van der Waals surface area contributed by atoms with E-state index >= 15 is 0 Å². The summed E-state index contributed by atoms with van der Waals surface area (Å²) in [6, 6.07) is 7.17. The van der Waals surface area contributed by atoms with Gasteiger partial charge in [0.2, 0.25) is 6.04 Å². The molecule has 0 saturated heterocycles. The Morgan fingerprint density at radius 1 is 1.06 bits per heavy atom. The molecule has 2 aromatic rings. The van der Waals surface area contributed by atoms with Gasteiger partial charge in [-0.3, -0.25) is 14.2 Å². The number of nitrogens with one attached hydrogen (secondary N) is 1. The normalized spacial score (nSPS) is 10.5. The Hall–Kier alpha value is -3.89. The highest BCUT2D eigenvalue weighted by molar-refractivity contribution is 6.06. The maximum Gasteiger partial charge on any atom is 0.340 e. The topological polar surface area (TPSA) is 152 Å². The zero-order valence-electron chi connectivity index (χ0n) is 17.4. The Balaban J connectivity index is 2.36. The first-order valence-electron chi connectivity index (χ1n) is 9.50. The highest BCUT2D eigenvalue weighted by Crippen LogP contribution is 2.23. The van der Waals surface area contributed by atoms with Crippen molar-refractivity contribution >= 4 is 29.6 Å². The lowest BCUT2D eigenvalue weighted by Gasteiger charge is -2.15. The summed E-state index contributed by atoms with van der Waals surface area (Å²) in [5, 5.41) is 2.22. The van der Waals surface area contributed by atoms with E-state index in [4.69, 9.17) is 19.9 Å². The van der Waals surface area contributed by atoms with Crippen molar-refractivity contribution < 1.29 is 33.4 Å². The van der Waals surface area contributed by atoms with E-state index in [0.29, 0.717) is 0 Å². The molecule has 3 N–H and O–H groups in total. The molecule has 0 fully saturated rings. The van der Waals surface area contributed by atoms with Crippen molar-refractivity contribution in [3.8, 4) is 6.01 Å². The first-order chi connectivity index (χ1) is 14.8. The third kappa shape index (κ3) is 6.04. The number of aromatic nitrogens is 2. The molecule has 2 rings (SSSR count). The summed E-state index contributed by atoms with van der Waals surface area (Å²) >= 11 is 0. The van der Waals surface area contributed by atoms with Crippen molar-refractivity contribution in [1.82, 2.24) is 14.9 Å². The first-order valence-corrected chi connectivity index (χ1v) is 9.50. The molecule has 166 valence electrons. The van der Waals surface area contributed by atoms with E-state index in [9.17, 15) is 19.2 Å². The van der Waals surface area contributed by atoms with Crippen LogP contribution >= 0.6 is 0 Å². The van der Waals surface area contributed by atoms with E-state index in [0.717, 1.165) is 5.56 Å². The van der Waals surface area contributed by atoms with Crippen molar-refractivity contribution in [2.75, 3.05) is 18.9 Å². The molecule has 31 heavy (non-hydrogen) atoms. The first kappa shape index (κ1) is 23.4. The molecule has 1 amide bonds. The van der Waals surface area contributed by atoms with Crippen molar-refractivity contribution in [2.45, 2.75) is 33.4 Å². The van der Waals surface area contributed by atoms with Crippen molar-refractivity contribution in [2.24, 2.45) is 0 Å². The van der Waals surface area contributed by atoms with Crippen LogP contribution in [0.2, 0.25) is 0 Å². The smallest absolute Gasteiger partial charge is 0.340 e. The van der Waals surface area contributed by atoms with Crippen LogP contribution in [0.25, 0.3) is 0 Å². The molecule has 11 heteroatoms. The van der Waals surface area contributed by atoms with E-state index in [1.807, 2.05) is 30.3 Å². The van der Waals surface area contributed by atoms with E-state index in [2.05, 4.69) is 10.3 Å². The third-order valence-electron chi connectivity index (χ3n) is 3.93. The van der Waals surface area contributed by atoms with Crippen LogP contribution in [0.3, 0.4) is 0 Å². The fraction of sp³-hybridized carbons (Fsp3) is 0.350. The molecular formula is C20H24N4O7. The Morgan fingerprint density at radius 3 is 2.16 bits per heavy atom. The number of hydrogen-bond acceptors (Lipinski definition) is 9. The third-order valence-corrected chi connectivity index (χ3v) is 3.93. The van der Waals surface area contributed by atoms with Crippen LogP contribution in [0.1, 0.15) is 36.8 Å². The average molecular weight is 432 g/mol. The molecule has 0 aliphatic heterocycles. The number of carbonyl (C=O) groups excluding carboxylic acids is 4. The van der Waals surface area contributed by atoms with Gasteiger partial charge in [-0.05, 0) is 19.4 Å². The fourth-order valence-electron chi connectivity index (χ4n) is 2.60. The number of benzene rings is 1. The van der Waals surface area contributed by atoms with Gasteiger partial charge in [0.1, 0.15) is 5.82 Å². The lowest BCUT2D eigenvalue weighted by molar-refractivity contribution is -0.157. The Labute approximate surface area is 178 Å². The van der Waals surface area contributed by atoms with Crippen LogP contribution in [0.4, 0.5) is 5.82 Å². The van der Waals surface area contributed by atoms with Gasteiger partial charge >= 0.3 is 23.9 Å². The number of esters is 3. The fourth-order valence-corrected chi connectivity index (χ4v) is 2.60. The minimum Gasteiger partial charge on any atom is -0.464 e. The number of nitrogens with zero attached hydrogens (tertiary/aromatic N) is 2. The van der Waals surface area contributed by atoms with Crippen LogP contribution in [-0.2, 0) is 30.4 Å². The van der Waals surface area contributed by atoms with Gasteiger partial charge in [-0.25, -0.2) is 9.59 Å². The van der Waals surface area contributed by atoms with E-state index in [1.54, 1.807) is 13.8 Å². The summed E-state index contributed by atoms with van der Waals surface area (Å²) < 4.78 is 16.0. The standard InChI is InChI=1S/C20H24N4O7/c1-4-29-18(27)15(19(28)30-5-2)22-17(26)14-16(21)24(20(23-14)31-12(3)25)11-13-9-7-6-8-10-13/h6-10,15H,4-5,11,21H2,1-3H3,(H,22,26). The van der Waals surface area contributed by atoms with E-state index < -0.39 is 29.9 Å². The van der Waals surface area contributed by atoms with Gasteiger partial charge in [0.25, 0.3) is 5.91 Å². The van der Waals surface area contributed by atoms with Crippen molar-refractivity contribution in [1.29, 1.82) is 0 Å². The molecule has 0 bridgehead atoms. The summed E-state index contributed by atoms with van der Waals surface area (Å²) in [7, 11) is 0. The molecule has 0 spiro atoms. The second-order valence-electron chi connectivity index (χ2n) is 6.20. The molecule has 0 aliphatic carbocycles. The van der Waals surface area contributed by atoms with Gasteiger partial charge < -0.3 is 25.3 Å². The Kier molecular flexibility index (Phi) is 8.12. The molecule has 0 aliphatic rings. The van der Waals surface area contributed by atoms with Crippen LogP contribution in [-0.4, -0.2) is 52.6 Å². The van der Waals surface area contributed by atoms with Gasteiger partial charge in [-0.15, -0.1) is 0 Å². The highest BCUT2D eigenvalue weighted by atomic mass is 16.6. The molecule has 0 atom stereocenters. The van der Waals surface area contributed by atoms with Crippen molar-refractivity contribution in [3.63, 3.8) is 0 Å². The number of rotatable bonds is 9. The average Bonchev–Trinajstić information content (AvgIpc) is 3.02. The van der Waals surface area contributed by atoms with Gasteiger partial charge in [0, 0.05) is 6.92 Å². The number of imidazole rings is 1. The molecule has 1 aromatic heterocycles. The summed E-state index contributed by atoms with van der Waals surface area (Å²) in [5.41, 5.74) is 6.57. The largest absolute Gasteiger partial charge is 0.464 e. The van der Waals surface area contributed by atoms with Gasteiger partial charge in [-0.2, -0.15) is 4.98 Å². The maximum atomic E-state index is 12.8. The molecule has 1 aromatic carbocycles. The highest BCUT2D eigenvalue weighted by Gasteiger charge is 2.33. The molecule has 0 saturated carbocycles. The zero-order valence-corrected chi connectivity index (χ0v) is 17.4. The minimum atomic E-state index is -1.71. The lowest BCUT2D eigenvalue weighted by Crippen LogP contribution is -2.48. The number of ether oxygens (including phenoxy) is 3. The van der Waals surface area contributed by atoms with Crippen LogP contribution in [0.15, 0.2) is 30.3 Å². The predicted molar refractivity (Wildman–Crippen MR) is 108 cm³/mol. The van der Waals surface area contributed by atoms with Crippen molar-refractivity contribution in [3.05, 3.63) is 41.6 Å². The molecule has 0 unspecified atom stereocenters. The summed E-state index contributed by atoms with van der Waals surface area (Å²) in [6.45, 7) is 4.43. The Morgan fingerprint density at radius 2 is 1.65 bits per heavy atom. The predicted octanol–water partition coefficient (Wildman–Crippen LogP) is 0.663. The van der Waals surface area contributed by atoms with E-state index in [1.165, 1.54) is 11.5 Å². The number of amides is 1. The molecule has 0 radical (unpaired) electrons.